The summed E-state index contributed by atoms with van der Waals surface area (Å²) in [5.41, 5.74) is 0. The van der Waals surface area contributed by atoms with Crippen LogP contribution in [0.15, 0.2) is 72.9 Å². The van der Waals surface area contributed by atoms with Crippen LogP contribution in [0.3, 0.4) is 0 Å². The van der Waals surface area contributed by atoms with E-state index in [1.54, 1.807) is 21.1 Å². The molecule has 0 aromatic carbocycles. The van der Waals surface area contributed by atoms with Gasteiger partial charge in [0, 0.05) is 19.3 Å². The van der Waals surface area contributed by atoms with Gasteiger partial charge in [0.15, 0.2) is 6.10 Å². The van der Waals surface area contributed by atoms with Gasteiger partial charge in [-0.25, -0.2) is 0 Å². The van der Waals surface area contributed by atoms with E-state index < -0.39 is 18.1 Å². The minimum atomic E-state index is -1.14. The zero-order valence-electron chi connectivity index (χ0n) is 35.6. The first-order valence-corrected chi connectivity index (χ1v) is 21.5. The first kappa shape index (κ1) is 51.8. The largest absolute Gasteiger partial charge is 0.544 e. The number of ether oxygens (including phenoxy) is 3. The maximum absolute atomic E-state index is 12.7. The van der Waals surface area contributed by atoms with Crippen LogP contribution in [-0.4, -0.2) is 75.5 Å². The Kier molecular flexibility index (Phi) is 35.5. The van der Waals surface area contributed by atoms with E-state index in [2.05, 4.69) is 86.8 Å². The van der Waals surface area contributed by atoms with Crippen LogP contribution in [0.1, 0.15) is 155 Å². The fraction of sp³-hybridized carbons (Fsp3) is 0.681. The normalized spacial score (nSPS) is 13.7. The fourth-order valence-corrected chi connectivity index (χ4v) is 5.74. The van der Waals surface area contributed by atoms with Gasteiger partial charge in [0.2, 0.25) is 0 Å². The topological polar surface area (TPSA) is 102 Å². The minimum absolute atomic E-state index is 0.0209. The van der Waals surface area contributed by atoms with Crippen LogP contribution < -0.4 is 5.11 Å². The number of carboxylic acid groups (broad SMARTS) is 1. The Bertz CT molecular complexity index is 1130. The lowest BCUT2D eigenvalue weighted by molar-refractivity contribution is -0.889. The number of aliphatic carboxylic acids is 1. The van der Waals surface area contributed by atoms with Crippen molar-refractivity contribution in [1.29, 1.82) is 0 Å². The summed E-state index contributed by atoms with van der Waals surface area (Å²) in [6, 6.07) is -0.736. The van der Waals surface area contributed by atoms with Crippen LogP contribution >= 0.6 is 0 Å². The van der Waals surface area contributed by atoms with E-state index in [1.165, 1.54) is 32.1 Å². The third-order valence-corrected chi connectivity index (χ3v) is 9.08. The smallest absolute Gasteiger partial charge is 0.306 e. The third kappa shape index (κ3) is 36.2. The Labute approximate surface area is 336 Å². The number of carbonyl (C=O) groups excluding carboxylic acids is 3. The predicted octanol–water partition coefficient (Wildman–Crippen LogP) is 10.2. The summed E-state index contributed by atoms with van der Waals surface area (Å²) in [5.74, 6) is -1.80. The molecule has 0 amide bonds. The summed E-state index contributed by atoms with van der Waals surface area (Å²) < 4.78 is 17.1. The number of unbranched alkanes of at least 4 members (excludes halogenated alkanes) is 11. The second-order valence-corrected chi connectivity index (χ2v) is 15.2. The Morgan fingerprint density at radius 3 is 1.55 bits per heavy atom. The van der Waals surface area contributed by atoms with E-state index >= 15 is 0 Å². The van der Waals surface area contributed by atoms with Crippen molar-refractivity contribution in [2.24, 2.45) is 0 Å². The zero-order chi connectivity index (χ0) is 40.7. The molecule has 0 aliphatic heterocycles. The standard InChI is InChI=1S/C47H79NO7/c1-6-8-10-12-14-16-18-20-21-22-23-24-25-26-28-30-32-34-36-38-46(50)55-43(41-53-40-39-44(47(51)52)48(3,4)5)42-54-45(49)37-35-33-31-29-27-19-17-15-13-11-9-7-2/h8,10,14-17,20-21,23-24,26,28,43-44H,6-7,9,11-13,18-19,22,25,27,29-42H2,1-5H3/b10-8+,16-14+,17-15+,21-20+,24-23+,28-26+. The Morgan fingerprint density at radius 1 is 0.564 bits per heavy atom. The molecule has 0 rings (SSSR count). The zero-order valence-corrected chi connectivity index (χ0v) is 35.6. The van der Waals surface area contributed by atoms with Gasteiger partial charge in [-0.05, 0) is 83.5 Å². The highest BCUT2D eigenvalue weighted by Gasteiger charge is 2.25. The molecule has 2 atom stereocenters. The molecule has 0 saturated heterocycles. The van der Waals surface area contributed by atoms with E-state index in [4.69, 9.17) is 14.2 Å². The molecule has 0 N–H and O–H groups in total. The molecule has 0 radical (unpaired) electrons. The minimum Gasteiger partial charge on any atom is -0.544 e. The summed E-state index contributed by atoms with van der Waals surface area (Å²) in [7, 11) is 5.38. The van der Waals surface area contributed by atoms with Crippen molar-refractivity contribution < 1.29 is 38.2 Å². The lowest BCUT2D eigenvalue weighted by atomic mass is 10.1. The first-order chi connectivity index (χ1) is 26.6. The summed E-state index contributed by atoms with van der Waals surface area (Å²) in [5, 5.41) is 11.6. The number of carbonyl (C=O) groups is 3. The van der Waals surface area contributed by atoms with Crippen molar-refractivity contribution in [2.45, 2.75) is 167 Å². The molecule has 0 saturated carbocycles. The fourth-order valence-electron chi connectivity index (χ4n) is 5.74. The number of hydrogen-bond donors (Lipinski definition) is 0. The van der Waals surface area contributed by atoms with Gasteiger partial charge in [-0.1, -0.05) is 125 Å². The van der Waals surface area contributed by atoms with Gasteiger partial charge in [0.1, 0.15) is 12.6 Å². The Hall–Kier alpha value is -3.23. The number of quaternary nitrogens is 1. The molecule has 314 valence electrons. The molecule has 0 bridgehead atoms. The molecule has 0 aromatic heterocycles. The number of carboxylic acids is 1. The van der Waals surface area contributed by atoms with Gasteiger partial charge in [-0.15, -0.1) is 0 Å². The molecule has 2 unspecified atom stereocenters. The van der Waals surface area contributed by atoms with E-state index in [0.717, 1.165) is 83.5 Å². The van der Waals surface area contributed by atoms with Gasteiger partial charge in [0.05, 0.1) is 40.3 Å². The van der Waals surface area contributed by atoms with Gasteiger partial charge < -0.3 is 28.6 Å². The lowest BCUT2D eigenvalue weighted by Crippen LogP contribution is -2.55. The van der Waals surface area contributed by atoms with Crippen LogP contribution in [0.2, 0.25) is 0 Å². The summed E-state index contributed by atoms with van der Waals surface area (Å²) in [6.07, 6.45) is 46.4. The summed E-state index contributed by atoms with van der Waals surface area (Å²) in [6.45, 7) is 4.46. The first-order valence-electron chi connectivity index (χ1n) is 21.5. The maximum Gasteiger partial charge on any atom is 0.306 e. The number of nitrogens with zero attached hydrogens (tertiary/aromatic N) is 1. The van der Waals surface area contributed by atoms with E-state index in [0.29, 0.717) is 12.8 Å². The SMILES string of the molecule is CC/C=C/C/C=C/C/C=C/C/C=C/C/C=C/CCCCCC(=O)OC(COCCC(C(=O)[O-])[N+](C)(C)C)COC(=O)CCCCCCC/C=C/CCCCC. The van der Waals surface area contributed by atoms with Crippen LogP contribution in [0.4, 0.5) is 0 Å². The number of allylic oxidation sites excluding steroid dienone is 12. The van der Waals surface area contributed by atoms with E-state index in [1.807, 2.05) is 0 Å². The lowest BCUT2D eigenvalue weighted by Gasteiger charge is -2.34. The highest BCUT2D eigenvalue weighted by atomic mass is 16.6. The number of esters is 2. The number of rotatable bonds is 37. The van der Waals surface area contributed by atoms with Gasteiger partial charge >= 0.3 is 11.9 Å². The molecule has 8 heteroatoms. The van der Waals surface area contributed by atoms with E-state index in [9.17, 15) is 19.5 Å². The van der Waals surface area contributed by atoms with Gasteiger partial charge in [-0.3, -0.25) is 9.59 Å². The second kappa shape index (κ2) is 37.7. The Morgan fingerprint density at radius 2 is 1.02 bits per heavy atom. The maximum atomic E-state index is 12.7. The molecule has 0 fully saturated rings. The summed E-state index contributed by atoms with van der Waals surface area (Å²) >= 11 is 0. The highest BCUT2D eigenvalue weighted by Crippen LogP contribution is 2.12. The van der Waals surface area contributed by atoms with Gasteiger partial charge in [-0.2, -0.15) is 0 Å². The average molecular weight is 770 g/mol. The average Bonchev–Trinajstić information content (AvgIpc) is 3.14. The quantitative estimate of drug-likeness (QED) is 0.0268. The molecular weight excluding hydrogens is 691 g/mol. The van der Waals surface area contributed by atoms with Gasteiger partial charge in [0.25, 0.3) is 0 Å². The van der Waals surface area contributed by atoms with Crippen LogP contribution in [0.5, 0.6) is 0 Å². The molecule has 8 nitrogen and oxygen atoms in total. The monoisotopic (exact) mass is 770 g/mol. The Balaban J connectivity index is 4.45. The van der Waals surface area contributed by atoms with Crippen LogP contribution in [0, 0.1) is 0 Å². The number of likely N-dealkylation sites (N-methyl/N-ethyl adjacent to an activating group) is 1. The molecule has 0 heterocycles. The van der Waals surface area contributed by atoms with Crippen molar-refractivity contribution in [3.05, 3.63) is 72.9 Å². The summed E-state index contributed by atoms with van der Waals surface area (Å²) in [4.78, 5) is 36.8. The van der Waals surface area contributed by atoms with Crippen molar-refractivity contribution in [3.8, 4) is 0 Å². The van der Waals surface area contributed by atoms with Crippen LogP contribution in [0.25, 0.3) is 0 Å². The second-order valence-electron chi connectivity index (χ2n) is 15.2. The molecule has 0 aromatic rings. The molecular formula is C47H79NO7. The molecule has 0 aliphatic carbocycles. The predicted molar refractivity (Wildman–Crippen MR) is 226 cm³/mol. The van der Waals surface area contributed by atoms with Crippen molar-refractivity contribution in [3.63, 3.8) is 0 Å². The highest BCUT2D eigenvalue weighted by molar-refractivity contribution is 5.70. The van der Waals surface area contributed by atoms with Crippen molar-refractivity contribution in [1.82, 2.24) is 0 Å². The number of hydrogen-bond acceptors (Lipinski definition) is 7. The van der Waals surface area contributed by atoms with Crippen molar-refractivity contribution >= 4 is 17.9 Å². The molecule has 55 heavy (non-hydrogen) atoms. The third-order valence-electron chi connectivity index (χ3n) is 9.08. The molecule has 0 spiro atoms. The molecule has 0 aliphatic rings. The van der Waals surface area contributed by atoms with E-state index in [-0.39, 0.29) is 49.1 Å². The van der Waals surface area contributed by atoms with Crippen molar-refractivity contribution in [2.75, 3.05) is 41.0 Å². The van der Waals surface area contributed by atoms with Crippen LogP contribution in [-0.2, 0) is 28.6 Å².